The van der Waals surface area contributed by atoms with Crippen LogP contribution in [0, 0.1) is 0 Å². The van der Waals surface area contributed by atoms with Crippen LogP contribution in [0.2, 0.25) is 0 Å². The molecular weight excluding hydrogens is 406 g/mol. The van der Waals surface area contributed by atoms with Crippen molar-refractivity contribution in [2.75, 3.05) is 39.4 Å². The normalized spacial score (nSPS) is 25.6. The molecule has 3 rings (SSSR count). The number of morpholine rings is 2. The van der Waals surface area contributed by atoms with E-state index in [4.69, 9.17) is 9.47 Å². The fourth-order valence-electron chi connectivity index (χ4n) is 3.41. The van der Waals surface area contributed by atoms with Crippen molar-refractivity contribution in [1.82, 2.24) is 13.3 Å². The molecule has 0 aliphatic carbocycles. The molecule has 2 heterocycles. The van der Waals surface area contributed by atoms with E-state index < -0.39 is 20.2 Å². The van der Waals surface area contributed by atoms with E-state index in [1.54, 1.807) is 18.2 Å². The molecule has 0 saturated carbocycles. The minimum absolute atomic E-state index is 0.109. The van der Waals surface area contributed by atoms with Crippen LogP contribution in [0.1, 0.15) is 19.4 Å². The summed E-state index contributed by atoms with van der Waals surface area (Å²) in [4.78, 5) is 0.114. The van der Waals surface area contributed by atoms with Crippen LogP contribution in [-0.2, 0) is 36.3 Å². The standard InChI is InChI=1S/C17H27N3O6S2/c1-14-12-20(13-15(2)26-14)28(23,24)18-11-16-5-3-4-6-17(16)27(21,22)19-7-9-25-10-8-19/h3-6,14-15,18H,7-13H2,1-2H3/t14-,15-/m0/s1. The van der Waals surface area contributed by atoms with Crippen LogP contribution < -0.4 is 4.72 Å². The molecule has 1 N–H and O–H groups in total. The number of rotatable bonds is 6. The van der Waals surface area contributed by atoms with E-state index in [1.165, 1.54) is 14.7 Å². The zero-order valence-electron chi connectivity index (χ0n) is 16.1. The van der Waals surface area contributed by atoms with E-state index in [0.29, 0.717) is 18.8 Å². The Morgan fingerprint density at radius 1 is 1.00 bits per heavy atom. The largest absolute Gasteiger partial charge is 0.379 e. The summed E-state index contributed by atoms with van der Waals surface area (Å²) >= 11 is 0. The highest BCUT2D eigenvalue weighted by atomic mass is 32.2. The maximum Gasteiger partial charge on any atom is 0.279 e. The van der Waals surface area contributed by atoms with Crippen LogP contribution in [0.25, 0.3) is 0 Å². The van der Waals surface area contributed by atoms with Gasteiger partial charge in [-0.05, 0) is 25.5 Å². The molecule has 2 saturated heterocycles. The van der Waals surface area contributed by atoms with Gasteiger partial charge < -0.3 is 9.47 Å². The molecule has 0 unspecified atom stereocenters. The highest BCUT2D eigenvalue weighted by Crippen LogP contribution is 2.22. The molecule has 158 valence electrons. The first-order valence-corrected chi connectivity index (χ1v) is 12.1. The number of hydrogen-bond acceptors (Lipinski definition) is 6. The van der Waals surface area contributed by atoms with Gasteiger partial charge in [-0.2, -0.15) is 21.8 Å². The molecule has 2 fully saturated rings. The topological polar surface area (TPSA) is 105 Å². The van der Waals surface area contributed by atoms with E-state index in [-0.39, 0.29) is 49.8 Å². The summed E-state index contributed by atoms with van der Waals surface area (Å²) in [7, 11) is -7.48. The molecular formula is C17H27N3O6S2. The van der Waals surface area contributed by atoms with Crippen LogP contribution in [0.15, 0.2) is 29.2 Å². The van der Waals surface area contributed by atoms with Gasteiger partial charge in [0.15, 0.2) is 0 Å². The highest BCUT2D eigenvalue weighted by Gasteiger charge is 2.32. The van der Waals surface area contributed by atoms with Gasteiger partial charge in [-0.3, -0.25) is 0 Å². The first-order chi connectivity index (χ1) is 13.2. The lowest BCUT2D eigenvalue weighted by atomic mass is 10.2. The van der Waals surface area contributed by atoms with Crippen LogP contribution >= 0.6 is 0 Å². The molecule has 0 aromatic heterocycles. The maximum absolute atomic E-state index is 13.0. The second kappa shape index (κ2) is 8.74. The molecule has 1 aromatic carbocycles. The van der Waals surface area contributed by atoms with Crippen molar-refractivity contribution < 1.29 is 26.3 Å². The van der Waals surface area contributed by atoms with Gasteiger partial charge in [-0.1, -0.05) is 18.2 Å². The number of ether oxygens (including phenoxy) is 2. The minimum atomic E-state index is -3.76. The van der Waals surface area contributed by atoms with Crippen molar-refractivity contribution in [3.63, 3.8) is 0 Å². The average Bonchev–Trinajstić information content (AvgIpc) is 2.66. The lowest BCUT2D eigenvalue weighted by Gasteiger charge is -2.34. The second-order valence-electron chi connectivity index (χ2n) is 7.02. The van der Waals surface area contributed by atoms with Gasteiger partial charge in [0.05, 0.1) is 30.3 Å². The van der Waals surface area contributed by atoms with Crippen LogP contribution in [0.4, 0.5) is 0 Å². The number of benzene rings is 1. The van der Waals surface area contributed by atoms with Gasteiger partial charge >= 0.3 is 0 Å². The lowest BCUT2D eigenvalue weighted by molar-refractivity contribution is -0.0444. The summed E-state index contributed by atoms with van der Waals surface area (Å²) in [5.74, 6) is 0. The molecule has 0 spiro atoms. The van der Waals surface area contributed by atoms with Crippen molar-refractivity contribution >= 4 is 20.2 Å². The highest BCUT2D eigenvalue weighted by molar-refractivity contribution is 7.89. The summed E-state index contributed by atoms with van der Waals surface area (Å²) in [6.07, 6.45) is -0.399. The zero-order valence-corrected chi connectivity index (χ0v) is 17.7. The van der Waals surface area contributed by atoms with Crippen molar-refractivity contribution in [2.45, 2.75) is 37.5 Å². The molecule has 2 aliphatic rings. The molecule has 1 aromatic rings. The van der Waals surface area contributed by atoms with Gasteiger partial charge in [-0.15, -0.1) is 0 Å². The summed E-state index contributed by atoms with van der Waals surface area (Å²) in [6.45, 7) is 5.31. The molecule has 0 bridgehead atoms. The third kappa shape index (κ3) is 4.90. The van der Waals surface area contributed by atoms with Gasteiger partial charge in [0, 0.05) is 32.7 Å². The van der Waals surface area contributed by atoms with Gasteiger partial charge in [0.1, 0.15) is 0 Å². The monoisotopic (exact) mass is 433 g/mol. The molecule has 2 atom stereocenters. The van der Waals surface area contributed by atoms with E-state index in [9.17, 15) is 16.8 Å². The predicted octanol–water partition coefficient (Wildman–Crippen LogP) is 0.151. The predicted molar refractivity (Wildman–Crippen MR) is 103 cm³/mol. The Labute approximate surface area is 166 Å². The molecule has 2 aliphatic heterocycles. The Kier molecular flexibility index (Phi) is 6.75. The second-order valence-corrected chi connectivity index (χ2v) is 10.7. The molecule has 0 radical (unpaired) electrons. The first-order valence-electron chi connectivity index (χ1n) is 9.26. The smallest absolute Gasteiger partial charge is 0.279 e. The van der Waals surface area contributed by atoms with Crippen molar-refractivity contribution in [3.05, 3.63) is 29.8 Å². The average molecular weight is 434 g/mol. The summed E-state index contributed by atoms with van der Waals surface area (Å²) in [6, 6.07) is 6.46. The van der Waals surface area contributed by atoms with Gasteiger partial charge in [-0.25, -0.2) is 8.42 Å². The van der Waals surface area contributed by atoms with Crippen LogP contribution in [-0.4, -0.2) is 77.0 Å². The van der Waals surface area contributed by atoms with Crippen molar-refractivity contribution in [1.29, 1.82) is 0 Å². The third-order valence-corrected chi connectivity index (χ3v) is 8.22. The minimum Gasteiger partial charge on any atom is -0.379 e. The Morgan fingerprint density at radius 2 is 1.61 bits per heavy atom. The summed E-state index contributed by atoms with van der Waals surface area (Å²) in [5.41, 5.74) is 0.409. The molecule has 9 nitrogen and oxygen atoms in total. The first kappa shape index (κ1) is 21.6. The number of nitrogens with zero attached hydrogens (tertiary/aromatic N) is 2. The Balaban J connectivity index is 1.76. The van der Waals surface area contributed by atoms with E-state index in [2.05, 4.69) is 4.72 Å². The number of sulfonamides is 1. The molecule has 0 amide bonds. The van der Waals surface area contributed by atoms with Gasteiger partial charge in [0.25, 0.3) is 10.2 Å². The molecule has 28 heavy (non-hydrogen) atoms. The lowest BCUT2D eigenvalue weighted by Crippen LogP contribution is -2.51. The van der Waals surface area contributed by atoms with Gasteiger partial charge in [0.2, 0.25) is 10.0 Å². The van der Waals surface area contributed by atoms with Crippen LogP contribution in [0.3, 0.4) is 0 Å². The Hall–Kier alpha value is -1.08. The Bertz CT molecular complexity index is 874. The number of nitrogens with one attached hydrogen (secondary N) is 1. The maximum atomic E-state index is 13.0. The van der Waals surface area contributed by atoms with E-state index >= 15 is 0 Å². The summed E-state index contributed by atoms with van der Waals surface area (Å²) < 4.78 is 67.4. The number of hydrogen-bond donors (Lipinski definition) is 1. The van der Waals surface area contributed by atoms with Crippen molar-refractivity contribution in [2.24, 2.45) is 0 Å². The van der Waals surface area contributed by atoms with E-state index in [1.807, 2.05) is 13.8 Å². The quantitative estimate of drug-likeness (QED) is 0.685. The van der Waals surface area contributed by atoms with Crippen LogP contribution in [0.5, 0.6) is 0 Å². The van der Waals surface area contributed by atoms with Crippen molar-refractivity contribution in [3.8, 4) is 0 Å². The van der Waals surface area contributed by atoms with E-state index in [0.717, 1.165) is 0 Å². The molecule has 11 heteroatoms. The Morgan fingerprint density at radius 3 is 2.25 bits per heavy atom. The third-order valence-electron chi connectivity index (χ3n) is 4.73. The zero-order chi connectivity index (χ0) is 20.4. The summed E-state index contributed by atoms with van der Waals surface area (Å²) in [5, 5.41) is 0. The SMILES string of the molecule is C[C@H]1CN(S(=O)(=O)NCc2ccccc2S(=O)(=O)N2CCOCC2)C[C@H](C)O1. The fourth-order valence-corrected chi connectivity index (χ4v) is 6.38. The fraction of sp³-hybridized carbons (Fsp3) is 0.647.